The molecule has 0 saturated carbocycles. The number of amides is 1. The van der Waals surface area contributed by atoms with Crippen molar-refractivity contribution >= 4 is 11.9 Å². The van der Waals surface area contributed by atoms with Gasteiger partial charge < -0.3 is 24.4 Å². The van der Waals surface area contributed by atoms with E-state index in [4.69, 9.17) is 19.4 Å². The van der Waals surface area contributed by atoms with Crippen molar-refractivity contribution < 1.29 is 37.3 Å². The lowest BCUT2D eigenvalue weighted by Gasteiger charge is -2.41. The number of hydrogen-bond acceptors (Lipinski definition) is 5. The summed E-state index contributed by atoms with van der Waals surface area (Å²) in [4.78, 5) is 26.4. The molecule has 7 nitrogen and oxygen atoms in total. The number of hydrogen-bond donors (Lipinski definition) is 1. The zero-order chi connectivity index (χ0) is 22.5. The van der Waals surface area contributed by atoms with Crippen LogP contribution in [-0.2, 0) is 9.53 Å². The molecular weight excluding hydrogens is 405 g/mol. The first kappa shape index (κ1) is 23.9. The lowest BCUT2D eigenvalue weighted by molar-refractivity contribution is -0.192. The zero-order valence-corrected chi connectivity index (χ0v) is 17.2. The Labute approximate surface area is 173 Å². The first-order valence-electron chi connectivity index (χ1n) is 9.62. The van der Waals surface area contributed by atoms with Crippen LogP contribution in [0.3, 0.4) is 0 Å². The number of fused-ring (bicyclic) bond motifs is 1. The van der Waals surface area contributed by atoms with Gasteiger partial charge in [0.15, 0.2) is 0 Å². The van der Waals surface area contributed by atoms with Crippen molar-refractivity contribution in [1.82, 2.24) is 9.80 Å². The summed E-state index contributed by atoms with van der Waals surface area (Å²) < 4.78 is 42.7. The van der Waals surface area contributed by atoms with Gasteiger partial charge in [0.25, 0.3) is 5.91 Å². The molecule has 2 aliphatic rings. The maximum absolute atomic E-state index is 13.0. The van der Waals surface area contributed by atoms with Crippen molar-refractivity contribution in [3.05, 3.63) is 29.8 Å². The number of alkyl halides is 3. The van der Waals surface area contributed by atoms with Crippen molar-refractivity contribution in [2.45, 2.75) is 31.7 Å². The molecule has 0 aliphatic carbocycles. The van der Waals surface area contributed by atoms with E-state index >= 15 is 0 Å². The third kappa shape index (κ3) is 5.63. The van der Waals surface area contributed by atoms with Gasteiger partial charge in [0.1, 0.15) is 5.75 Å². The number of benzene rings is 1. The van der Waals surface area contributed by atoms with E-state index in [-0.39, 0.29) is 18.1 Å². The van der Waals surface area contributed by atoms with Crippen LogP contribution in [0.4, 0.5) is 13.2 Å². The number of carbonyl (C=O) groups excluding carboxylic acids is 1. The number of ether oxygens (including phenoxy) is 2. The Balaban J connectivity index is 0.000000396. The molecule has 10 heteroatoms. The molecule has 30 heavy (non-hydrogen) atoms. The maximum atomic E-state index is 13.0. The minimum Gasteiger partial charge on any atom is -0.497 e. The van der Waals surface area contributed by atoms with E-state index < -0.39 is 12.1 Å². The molecule has 1 aromatic carbocycles. The molecular formula is C20H27F3N2O5. The van der Waals surface area contributed by atoms with Crippen LogP contribution < -0.4 is 4.74 Å². The predicted molar refractivity (Wildman–Crippen MR) is 103 cm³/mol. The Morgan fingerprint density at radius 1 is 1.23 bits per heavy atom. The van der Waals surface area contributed by atoms with Crippen LogP contribution in [0.1, 0.15) is 23.7 Å². The number of nitrogens with zero attached hydrogens (tertiary/aromatic N) is 2. The van der Waals surface area contributed by atoms with Gasteiger partial charge in [-0.1, -0.05) is 13.0 Å². The number of carboxylic acid groups (broad SMARTS) is 1. The van der Waals surface area contributed by atoms with Crippen LogP contribution in [0.5, 0.6) is 5.75 Å². The number of likely N-dealkylation sites (tertiary alicyclic amines) is 2. The number of rotatable bonds is 4. The van der Waals surface area contributed by atoms with Gasteiger partial charge >= 0.3 is 12.1 Å². The van der Waals surface area contributed by atoms with Gasteiger partial charge in [0, 0.05) is 38.2 Å². The van der Waals surface area contributed by atoms with E-state index in [0.29, 0.717) is 11.5 Å². The second kappa shape index (κ2) is 10.1. The lowest BCUT2D eigenvalue weighted by Crippen LogP contribution is -2.53. The molecule has 1 N–H and O–H groups in total. The van der Waals surface area contributed by atoms with E-state index in [0.717, 1.165) is 38.3 Å². The Kier molecular flexibility index (Phi) is 8.08. The Morgan fingerprint density at radius 2 is 1.90 bits per heavy atom. The largest absolute Gasteiger partial charge is 0.497 e. The average molecular weight is 432 g/mol. The molecule has 2 saturated heterocycles. The van der Waals surface area contributed by atoms with Crippen molar-refractivity contribution in [2.75, 3.05) is 40.4 Å². The van der Waals surface area contributed by atoms with E-state index in [9.17, 15) is 18.0 Å². The van der Waals surface area contributed by atoms with Gasteiger partial charge in [-0.05, 0) is 31.2 Å². The minimum absolute atomic E-state index is 0.103. The van der Waals surface area contributed by atoms with Crippen molar-refractivity contribution in [2.24, 2.45) is 5.92 Å². The number of carbonyl (C=O) groups is 2. The van der Waals surface area contributed by atoms with Crippen LogP contribution >= 0.6 is 0 Å². The van der Waals surface area contributed by atoms with Gasteiger partial charge in [-0.2, -0.15) is 13.2 Å². The first-order chi connectivity index (χ1) is 14.1. The van der Waals surface area contributed by atoms with Gasteiger partial charge in [0.05, 0.1) is 19.3 Å². The summed E-state index contributed by atoms with van der Waals surface area (Å²) in [6.07, 6.45) is -3.92. The summed E-state index contributed by atoms with van der Waals surface area (Å²) in [7, 11) is 3.41. The minimum atomic E-state index is -5.08. The standard InChI is InChI=1S/C18H26N2O3.C2HF3O2/c1-4-19-11-15-16(12-19)20(9-8-17(15)23-3)18(21)13-6-5-7-14(10-13)22-2;3-2(4,5)1(6)7/h5-7,10,15-17H,4,8-9,11-12H2,1-3H3;(H,6,7)/t15-,16+,17-;/m0./s1. The number of methoxy groups -OCH3 is 2. The summed E-state index contributed by atoms with van der Waals surface area (Å²) in [5.74, 6) is -1.53. The fourth-order valence-corrected chi connectivity index (χ4v) is 3.96. The highest BCUT2D eigenvalue weighted by atomic mass is 19.4. The van der Waals surface area contributed by atoms with Crippen LogP contribution in [0.15, 0.2) is 24.3 Å². The van der Waals surface area contributed by atoms with E-state index in [1.54, 1.807) is 14.2 Å². The highest BCUT2D eigenvalue weighted by Gasteiger charge is 2.45. The number of likely N-dealkylation sites (N-methyl/N-ethyl adjacent to an activating group) is 1. The van der Waals surface area contributed by atoms with Crippen molar-refractivity contribution in [3.63, 3.8) is 0 Å². The highest BCUT2D eigenvalue weighted by molar-refractivity contribution is 5.95. The molecule has 2 fully saturated rings. The molecule has 3 rings (SSSR count). The van der Waals surface area contributed by atoms with Gasteiger partial charge in [-0.25, -0.2) is 4.79 Å². The third-order valence-corrected chi connectivity index (χ3v) is 5.51. The third-order valence-electron chi connectivity index (χ3n) is 5.51. The Bertz CT molecular complexity index is 743. The fraction of sp³-hybridized carbons (Fsp3) is 0.600. The Morgan fingerprint density at radius 3 is 2.43 bits per heavy atom. The molecule has 168 valence electrons. The summed E-state index contributed by atoms with van der Waals surface area (Å²) in [6, 6.07) is 7.68. The van der Waals surface area contributed by atoms with Crippen molar-refractivity contribution in [1.29, 1.82) is 0 Å². The molecule has 2 aliphatic heterocycles. The van der Waals surface area contributed by atoms with E-state index in [1.165, 1.54) is 0 Å². The maximum Gasteiger partial charge on any atom is 0.490 e. The van der Waals surface area contributed by atoms with Crippen LogP contribution in [-0.4, -0.2) is 85.5 Å². The normalized spacial score (nSPS) is 23.9. The number of halogens is 3. The molecule has 0 aromatic heterocycles. The van der Waals surface area contributed by atoms with Gasteiger partial charge in [-0.3, -0.25) is 4.79 Å². The summed E-state index contributed by atoms with van der Waals surface area (Å²) in [5.41, 5.74) is 0.703. The molecule has 2 heterocycles. The van der Waals surface area contributed by atoms with Gasteiger partial charge in [-0.15, -0.1) is 0 Å². The van der Waals surface area contributed by atoms with Crippen LogP contribution in [0.25, 0.3) is 0 Å². The molecule has 0 spiro atoms. The average Bonchev–Trinajstić information content (AvgIpc) is 3.17. The molecule has 0 bridgehead atoms. The summed E-state index contributed by atoms with van der Waals surface area (Å²) in [5, 5.41) is 7.12. The van der Waals surface area contributed by atoms with Crippen molar-refractivity contribution in [3.8, 4) is 5.75 Å². The highest BCUT2D eigenvalue weighted by Crippen LogP contribution is 2.33. The SMILES string of the molecule is CCN1C[C@@H]2[C@@H](OC)CCN(C(=O)c3cccc(OC)c3)[C@@H]2C1.O=C(O)C(F)(F)F. The summed E-state index contributed by atoms with van der Waals surface area (Å²) in [6.45, 7) is 5.91. The molecule has 3 atom stereocenters. The number of aliphatic carboxylic acids is 1. The topological polar surface area (TPSA) is 79.3 Å². The quantitative estimate of drug-likeness (QED) is 0.788. The van der Waals surface area contributed by atoms with Crippen LogP contribution in [0.2, 0.25) is 0 Å². The summed E-state index contributed by atoms with van der Waals surface area (Å²) >= 11 is 0. The molecule has 0 unspecified atom stereocenters. The second-order valence-electron chi connectivity index (χ2n) is 7.18. The van der Waals surface area contributed by atoms with Gasteiger partial charge in [0.2, 0.25) is 0 Å². The first-order valence-corrected chi connectivity index (χ1v) is 9.62. The zero-order valence-electron chi connectivity index (χ0n) is 17.2. The fourth-order valence-electron chi connectivity index (χ4n) is 3.96. The molecule has 0 radical (unpaired) electrons. The van der Waals surface area contributed by atoms with Crippen LogP contribution in [0, 0.1) is 5.92 Å². The lowest BCUT2D eigenvalue weighted by atomic mass is 9.88. The monoisotopic (exact) mass is 432 g/mol. The Hall–Kier alpha value is -2.33. The van der Waals surface area contributed by atoms with E-state index in [1.807, 2.05) is 29.2 Å². The second-order valence-corrected chi connectivity index (χ2v) is 7.18. The smallest absolute Gasteiger partial charge is 0.490 e. The van der Waals surface area contributed by atoms with E-state index in [2.05, 4.69) is 11.8 Å². The number of piperidine rings is 1. The molecule has 1 amide bonds. The predicted octanol–water partition coefficient (Wildman–Crippen LogP) is 2.51. The molecule has 1 aromatic rings. The number of carboxylic acids is 1.